The molecule has 1 unspecified atom stereocenters. The molecule has 20 heavy (non-hydrogen) atoms. The van der Waals surface area contributed by atoms with Crippen molar-refractivity contribution < 1.29 is 19.4 Å². The van der Waals surface area contributed by atoms with E-state index in [0.717, 1.165) is 11.3 Å². The fourth-order valence-corrected chi connectivity index (χ4v) is 1.58. The molecule has 0 saturated carbocycles. The van der Waals surface area contributed by atoms with Gasteiger partial charge in [0.15, 0.2) is 0 Å². The third kappa shape index (κ3) is 6.36. The van der Waals surface area contributed by atoms with Crippen molar-refractivity contribution in [3.8, 4) is 5.75 Å². The van der Waals surface area contributed by atoms with Crippen LogP contribution < -0.4 is 10.1 Å². The highest BCUT2D eigenvalue weighted by atomic mass is 16.5. The number of methoxy groups -OCH3 is 2. The van der Waals surface area contributed by atoms with Gasteiger partial charge in [-0.1, -0.05) is 12.1 Å². The second-order valence-corrected chi connectivity index (χ2v) is 4.30. The zero-order valence-electron chi connectivity index (χ0n) is 11.8. The van der Waals surface area contributed by atoms with Crippen LogP contribution in [0.15, 0.2) is 30.3 Å². The highest BCUT2D eigenvalue weighted by Crippen LogP contribution is 2.12. The monoisotopic (exact) mass is 279 g/mol. The summed E-state index contributed by atoms with van der Waals surface area (Å²) >= 11 is 0. The molecule has 5 nitrogen and oxygen atoms in total. The molecule has 1 atom stereocenters. The SMILES string of the molecule is COCC(O)CCNC(=O)/C=C/c1ccc(OC)cc1. The Labute approximate surface area is 119 Å². The Morgan fingerprint density at radius 1 is 1.35 bits per heavy atom. The molecule has 1 amide bonds. The Hall–Kier alpha value is -1.85. The van der Waals surface area contributed by atoms with Crippen LogP contribution in [-0.2, 0) is 9.53 Å². The zero-order valence-corrected chi connectivity index (χ0v) is 11.8. The van der Waals surface area contributed by atoms with Crippen molar-refractivity contribution in [2.45, 2.75) is 12.5 Å². The van der Waals surface area contributed by atoms with E-state index in [1.54, 1.807) is 13.2 Å². The van der Waals surface area contributed by atoms with E-state index >= 15 is 0 Å². The van der Waals surface area contributed by atoms with E-state index in [1.165, 1.54) is 13.2 Å². The van der Waals surface area contributed by atoms with E-state index in [-0.39, 0.29) is 12.5 Å². The number of nitrogens with one attached hydrogen (secondary N) is 1. The first-order chi connectivity index (χ1) is 9.65. The molecule has 1 rings (SSSR count). The standard InChI is InChI=1S/C15H21NO4/c1-19-11-13(17)9-10-16-15(18)8-5-12-3-6-14(20-2)7-4-12/h3-8,13,17H,9-11H2,1-2H3,(H,16,18)/b8-5+. The van der Waals surface area contributed by atoms with Gasteiger partial charge in [0, 0.05) is 19.7 Å². The van der Waals surface area contributed by atoms with Crippen molar-refractivity contribution in [1.82, 2.24) is 5.32 Å². The second-order valence-electron chi connectivity index (χ2n) is 4.30. The molecule has 2 N–H and O–H groups in total. The summed E-state index contributed by atoms with van der Waals surface area (Å²) in [6.45, 7) is 0.688. The maximum Gasteiger partial charge on any atom is 0.244 e. The predicted octanol–water partition coefficient (Wildman–Crippen LogP) is 1.22. The van der Waals surface area contributed by atoms with Crippen LogP contribution in [-0.4, -0.2) is 44.5 Å². The summed E-state index contributed by atoms with van der Waals surface area (Å²) in [6.07, 6.45) is 3.10. The highest BCUT2D eigenvalue weighted by Gasteiger charge is 2.03. The molecular weight excluding hydrogens is 258 g/mol. The first-order valence-corrected chi connectivity index (χ1v) is 6.42. The average molecular weight is 279 g/mol. The Balaban J connectivity index is 2.32. The quantitative estimate of drug-likeness (QED) is 0.702. The van der Waals surface area contributed by atoms with Crippen LogP contribution >= 0.6 is 0 Å². The maximum absolute atomic E-state index is 11.5. The van der Waals surface area contributed by atoms with Crippen molar-refractivity contribution in [1.29, 1.82) is 0 Å². The van der Waals surface area contributed by atoms with E-state index < -0.39 is 6.10 Å². The molecule has 0 spiro atoms. The molecule has 0 fully saturated rings. The summed E-state index contributed by atoms with van der Waals surface area (Å²) in [5.74, 6) is 0.587. The van der Waals surface area contributed by atoms with E-state index in [4.69, 9.17) is 9.47 Å². The van der Waals surface area contributed by atoms with Crippen LogP contribution in [0.1, 0.15) is 12.0 Å². The van der Waals surface area contributed by atoms with Crippen molar-refractivity contribution in [2.24, 2.45) is 0 Å². The number of amides is 1. The fourth-order valence-electron chi connectivity index (χ4n) is 1.58. The third-order valence-electron chi connectivity index (χ3n) is 2.68. The average Bonchev–Trinajstić information content (AvgIpc) is 2.46. The minimum atomic E-state index is -0.550. The number of hydrogen-bond acceptors (Lipinski definition) is 4. The molecule has 0 aliphatic heterocycles. The van der Waals surface area contributed by atoms with Gasteiger partial charge in [-0.2, -0.15) is 0 Å². The van der Waals surface area contributed by atoms with Gasteiger partial charge in [-0.3, -0.25) is 4.79 Å². The lowest BCUT2D eigenvalue weighted by molar-refractivity contribution is -0.116. The highest BCUT2D eigenvalue weighted by molar-refractivity contribution is 5.91. The third-order valence-corrected chi connectivity index (χ3v) is 2.68. The molecule has 0 heterocycles. The molecule has 0 radical (unpaired) electrons. The molecule has 0 aliphatic rings. The minimum Gasteiger partial charge on any atom is -0.497 e. The molecule has 0 bridgehead atoms. The smallest absolute Gasteiger partial charge is 0.244 e. The number of aliphatic hydroxyl groups excluding tert-OH is 1. The number of carbonyl (C=O) groups is 1. The summed E-state index contributed by atoms with van der Waals surface area (Å²) in [4.78, 5) is 11.5. The van der Waals surface area contributed by atoms with Gasteiger partial charge < -0.3 is 19.9 Å². The van der Waals surface area contributed by atoms with Crippen LogP contribution in [0.25, 0.3) is 6.08 Å². The van der Waals surface area contributed by atoms with Crippen LogP contribution in [0.2, 0.25) is 0 Å². The Kier molecular flexibility index (Phi) is 7.39. The number of rotatable bonds is 8. The van der Waals surface area contributed by atoms with E-state index in [9.17, 15) is 9.90 Å². The van der Waals surface area contributed by atoms with Gasteiger partial charge in [-0.25, -0.2) is 0 Å². The second kappa shape index (κ2) is 9.12. The maximum atomic E-state index is 11.5. The van der Waals surface area contributed by atoms with Crippen molar-refractivity contribution in [3.63, 3.8) is 0 Å². The van der Waals surface area contributed by atoms with Crippen LogP contribution in [0.5, 0.6) is 5.75 Å². The molecule has 110 valence electrons. The van der Waals surface area contributed by atoms with Gasteiger partial charge in [0.05, 0.1) is 19.8 Å². The van der Waals surface area contributed by atoms with Crippen LogP contribution in [0.4, 0.5) is 0 Å². The minimum absolute atomic E-state index is 0.189. The molecule has 0 saturated heterocycles. The number of benzene rings is 1. The molecule has 0 aromatic heterocycles. The lowest BCUT2D eigenvalue weighted by Crippen LogP contribution is -2.27. The van der Waals surface area contributed by atoms with Gasteiger partial charge >= 0.3 is 0 Å². The van der Waals surface area contributed by atoms with E-state index in [2.05, 4.69) is 5.32 Å². The zero-order chi connectivity index (χ0) is 14.8. The van der Waals surface area contributed by atoms with E-state index in [1.807, 2.05) is 24.3 Å². The first kappa shape index (κ1) is 16.2. The number of carbonyl (C=O) groups excluding carboxylic acids is 1. The topological polar surface area (TPSA) is 67.8 Å². The van der Waals surface area contributed by atoms with Crippen molar-refractivity contribution in [2.75, 3.05) is 27.4 Å². The molecule has 0 aliphatic carbocycles. The first-order valence-electron chi connectivity index (χ1n) is 6.42. The number of ether oxygens (including phenoxy) is 2. The van der Waals surface area contributed by atoms with Gasteiger partial charge in [0.25, 0.3) is 0 Å². The Morgan fingerprint density at radius 3 is 2.65 bits per heavy atom. The van der Waals surface area contributed by atoms with E-state index in [0.29, 0.717) is 13.0 Å². The summed E-state index contributed by atoms with van der Waals surface area (Å²) in [5.41, 5.74) is 0.917. The van der Waals surface area contributed by atoms with Gasteiger partial charge in [-0.15, -0.1) is 0 Å². The summed E-state index contributed by atoms with van der Waals surface area (Å²) in [6, 6.07) is 7.40. The number of hydrogen-bond donors (Lipinski definition) is 2. The molecule has 1 aromatic rings. The normalized spacial score (nSPS) is 12.3. The van der Waals surface area contributed by atoms with Crippen LogP contribution in [0.3, 0.4) is 0 Å². The molecule has 5 heteroatoms. The van der Waals surface area contributed by atoms with Crippen LogP contribution in [0, 0.1) is 0 Å². The fraction of sp³-hybridized carbons (Fsp3) is 0.400. The molecular formula is C15H21NO4. The van der Waals surface area contributed by atoms with Gasteiger partial charge in [0.1, 0.15) is 5.75 Å². The van der Waals surface area contributed by atoms with Crippen molar-refractivity contribution in [3.05, 3.63) is 35.9 Å². The summed E-state index contributed by atoms with van der Waals surface area (Å²) in [7, 11) is 3.13. The van der Waals surface area contributed by atoms with Crippen molar-refractivity contribution >= 4 is 12.0 Å². The van der Waals surface area contributed by atoms with Gasteiger partial charge in [0.2, 0.25) is 5.91 Å². The predicted molar refractivity (Wildman–Crippen MR) is 77.5 cm³/mol. The largest absolute Gasteiger partial charge is 0.497 e. The summed E-state index contributed by atoms with van der Waals surface area (Å²) < 4.78 is 9.85. The number of aliphatic hydroxyl groups is 1. The lowest BCUT2D eigenvalue weighted by Gasteiger charge is -2.08. The Morgan fingerprint density at radius 2 is 2.05 bits per heavy atom. The summed E-state index contributed by atoms with van der Waals surface area (Å²) in [5, 5.41) is 12.1. The molecule has 1 aromatic carbocycles. The Bertz CT molecular complexity index is 428. The lowest BCUT2D eigenvalue weighted by atomic mass is 10.2. The van der Waals surface area contributed by atoms with Gasteiger partial charge in [-0.05, 0) is 30.2 Å².